The van der Waals surface area contributed by atoms with Crippen LogP contribution in [-0.2, 0) is 72.6 Å². The first-order chi connectivity index (χ1) is 30.3. The van der Waals surface area contributed by atoms with Gasteiger partial charge in [-0.15, -0.1) is 0 Å². The zero-order chi connectivity index (χ0) is 49.0. The monoisotopic (exact) mass is 1000 g/mol. The third-order valence-corrected chi connectivity index (χ3v) is 13.6. The van der Waals surface area contributed by atoms with E-state index in [4.69, 9.17) is 0 Å². The summed E-state index contributed by atoms with van der Waals surface area (Å²) in [6.45, 7) is 2.67. The summed E-state index contributed by atoms with van der Waals surface area (Å²) in [5.74, 6) is -3.71. The molecule has 0 aliphatic rings. The van der Waals surface area contributed by atoms with Crippen molar-refractivity contribution in [2.24, 2.45) is 28.2 Å². The second kappa shape index (κ2) is 16.4. The molecule has 0 aliphatic carbocycles. The van der Waals surface area contributed by atoms with Gasteiger partial charge in [0, 0.05) is 28.2 Å². The quantitative estimate of drug-likeness (QED) is 0.146. The highest BCUT2D eigenvalue weighted by Crippen LogP contribution is 2.38. The van der Waals surface area contributed by atoms with E-state index in [0.717, 1.165) is 38.6 Å². The van der Waals surface area contributed by atoms with Gasteiger partial charge in [0.15, 0.2) is 42.6 Å². The molecule has 0 spiro atoms. The molecule has 0 amide bonds. The summed E-state index contributed by atoms with van der Waals surface area (Å²) in [7, 11) is -3.13. The van der Waals surface area contributed by atoms with Gasteiger partial charge < -0.3 is 18.3 Å². The SMILES string of the molecule is C.CCS(=O)(=O)c1cc2c(nc1-c1nc3cc(C(F)(F)F)ncc3n1C)nc(C(F)(F)F)n2C.CCS(=O)(=O)c1cc2nc(C(F)(F)F)n(C)c2nc1-c1nc2cc(C(F)(F)F)ncc2n1C. The summed E-state index contributed by atoms with van der Waals surface area (Å²) < 4.78 is 213. The predicted octanol–water partition coefficient (Wildman–Crippen LogP) is 8.13. The van der Waals surface area contributed by atoms with E-state index in [1.807, 2.05) is 0 Å². The molecular formula is C37H32F12N12O4S2. The van der Waals surface area contributed by atoms with Crippen LogP contribution in [0.1, 0.15) is 44.3 Å². The number of halogens is 12. The molecule has 0 saturated heterocycles. The molecule has 0 atom stereocenters. The van der Waals surface area contributed by atoms with Gasteiger partial charge in [0.25, 0.3) is 0 Å². The van der Waals surface area contributed by atoms with Gasteiger partial charge in [0.2, 0.25) is 11.6 Å². The lowest BCUT2D eigenvalue weighted by atomic mass is 10.3. The zero-order valence-corrected chi connectivity index (χ0v) is 35.9. The average molecular weight is 1000 g/mol. The maximum atomic E-state index is 13.3. The molecule has 0 N–H and O–H groups in total. The van der Waals surface area contributed by atoms with E-state index < -0.39 is 94.4 Å². The summed E-state index contributed by atoms with van der Waals surface area (Å²) in [6, 6.07) is 3.35. The molecule has 8 heterocycles. The molecule has 360 valence electrons. The van der Waals surface area contributed by atoms with Crippen molar-refractivity contribution in [3.63, 3.8) is 0 Å². The van der Waals surface area contributed by atoms with E-state index in [-0.39, 0.29) is 69.2 Å². The van der Waals surface area contributed by atoms with Crippen molar-refractivity contribution in [3.05, 3.63) is 59.7 Å². The maximum absolute atomic E-state index is 13.3. The molecule has 67 heavy (non-hydrogen) atoms. The molecule has 0 bridgehead atoms. The van der Waals surface area contributed by atoms with Gasteiger partial charge in [0.05, 0.1) is 61.3 Å². The van der Waals surface area contributed by atoms with Gasteiger partial charge in [-0.2, -0.15) is 52.7 Å². The minimum atomic E-state index is -4.82. The fourth-order valence-corrected chi connectivity index (χ4v) is 8.78. The Kier molecular flexibility index (Phi) is 12.2. The number of aromatic nitrogens is 12. The first-order valence-corrected chi connectivity index (χ1v) is 21.8. The lowest BCUT2D eigenvalue weighted by molar-refractivity contribution is -0.147. The number of sulfone groups is 2. The van der Waals surface area contributed by atoms with E-state index in [2.05, 4.69) is 39.9 Å². The maximum Gasteiger partial charge on any atom is 0.449 e. The number of aryl methyl sites for hydroxylation is 4. The number of nitrogens with zero attached hydrogens (tertiary/aromatic N) is 12. The molecular weight excluding hydrogens is 969 g/mol. The van der Waals surface area contributed by atoms with Crippen LogP contribution in [0.15, 0.2) is 46.5 Å². The summed E-state index contributed by atoms with van der Waals surface area (Å²) in [5, 5.41) is 0. The van der Waals surface area contributed by atoms with Crippen LogP contribution in [0.3, 0.4) is 0 Å². The molecule has 30 heteroatoms. The molecule has 0 fully saturated rings. The molecule has 0 aromatic carbocycles. The third-order valence-electron chi connectivity index (χ3n) is 10.1. The molecule has 8 aromatic rings. The van der Waals surface area contributed by atoms with Crippen LogP contribution in [0.2, 0.25) is 0 Å². The molecule has 0 radical (unpaired) electrons. The van der Waals surface area contributed by atoms with Gasteiger partial charge in [-0.05, 0) is 24.3 Å². The van der Waals surface area contributed by atoms with Crippen LogP contribution >= 0.6 is 0 Å². The smallest absolute Gasteiger partial charge is 0.324 e. The van der Waals surface area contributed by atoms with Gasteiger partial charge in [0.1, 0.15) is 28.3 Å². The normalized spacial score (nSPS) is 13.2. The number of fused-ring (bicyclic) bond motifs is 4. The Labute approximate surface area is 369 Å². The van der Waals surface area contributed by atoms with Gasteiger partial charge >= 0.3 is 24.7 Å². The van der Waals surface area contributed by atoms with E-state index in [0.29, 0.717) is 21.3 Å². The van der Waals surface area contributed by atoms with Crippen molar-refractivity contribution in [1.29, 1.82) is 0 Å². The molecule has 0 aliphatic heterocycles. The Bertz CT molecular complexity index is 3480. The van der Waals surface area contributed by atoms with E-state index >= 15 is 0 Å². The molecule has 0 unspecified atom stereocenters. The van der Waals surface area contributed by atoms with Crippen LogP contribution in [0, 0.1) is 0 Å². The minimum Gasteiger partial charge on any atom is -0.324 e. The average Bonchev–Trinajstić information content (AvgIpc) is 3.95. The lowest BCUT2D eigenvalue weighted by Gasteiger charge is -2.10. The van der Waals surface area contributed by atoms with Crippen molar-refractivity contribution < 1.29 is 69.5 Å². The van der Waals surface area contributed by atoms with Crippen LogP contribution in [0.4, 0.5) is 52.7 Å². The first-order valence-electron chi connectivity index (χ1n) is 18.4. The fourth-order valence-electron chi connectivity index (χ4n) is 6.71. The third kappa shape index (κ3) is 8.82. The molecule has 8 rings (SSSR count). The number of pyridine rings is 4. The number of rotatable bonds is 6. The predicted molar refractivity (Wildman–Crippen MR) is 214 cm³/mol. The zero-order valence-electron chi connectivity index (χ0n) is 34.2. The number of imidazole rings is 4. The Hall–Kier alpha value is -6.46. The highest BCUT2D eigenvalue weighted by Gasteiger charge is 2.40. The van der Waals surface area contributed by atoms with Gasteiger partial charge in [-0.3, -0.25) is 0 Å². The molecule has 0 saturated carbocycles. The second-order valence-corrected chi connectivity index (χ2v) is 18.7. The number of hydrogen-bond acceptors (Lipinski definition) is 12. The molecule has 8 aromatic heterocycles. The Balaban J connectivity index is 0.000000218. The van der Waals surface area contributed by atoms with Crippen LogP contribution in [-0.4, -0.2) is 86.5 Å². The van der Waals surface area contributed by atoms with Crippen molar-refractivity contribution >= 4 is 64.1 Å². The fraction of sp³-hybridized carbons (Fsp3) is 0.351. The van der Waals surface area contributed by atoms with Crippen molar-refractivity contribution in [2.75, 3.05) is 11.5 Å². The Morgan fingerprint density at radius 1 is 0.478 bits per heavy atom. The van der Waals surface area contributed by atoms with E-state index in [9.17, 15) is 69.5 Å². The summed E-state index contributed by atoms with van der Waals surface area (Å²) in [4.78, 5) is 29.2. The largest absolute Gasteiger partial charge is 0.449 e. The highest BCUT2D eigenvalue weighted by molar-refractivity contribution is 7.91. The first kappa shape index (κ1) is 50.0. The van der Waals surface area contributed by atoms with Crippen LogP contribution in [0.25, 0.3) is 67.4 Å². The van der Waals surface area contributed by atoms with Crippen molar-refractivity contribution in [3.8, 4) is 23.0 Å². The Morgan fingerprint density at radius 2 is 0.896 bits per heavy atom. The number of alkyl halides is 12. The topological polar surface area (TPSA) is 191 Å². The van der Waals surface area contributed by atoms with Crippen molar-refractivity contribution in [2.45, 2.75) is 55.8 Å². The van der Waals surface area contributed by atoms with Gasteiger partial charge in [-0.25, -0.2) is 56.7 Å². The van der Waals surface area contributed by atoms with Crippen molar-refractivity contribution in [1.82, 2.24) is 58.1 Å². The Morgan fingerprint density at radius 3 is 1.31 bits per heavy atom. The summed E-state index contributed by atoms with van der Waals surface area (Å²) in [6.07, 6.45) is -17.3. The van der Waals surface area contributed by atoms with Crippen LogP contribution < -0.4 is 0 Å². The minimum absolute atomic E-state index is 0. The lowest BCUT2D eigenvalue weighted by Crippen LogP contribution is -2.13. The standard InChI is InChI=1S/2C18H14F6N6O2S.CH4/c1-4-33(31,32)11-5-9-14(30(3)16(27-9)18(22,23)24)28-13(11)15-26-8-6-12(17(19,20)21)25-7-10(8)29(15)2;1-4-33(31,32)11-6-9-14(28-16(30(9)3)18(22,23)24)27-13(11)15-26-8-5-12(17(19,20)21)25-7-10(8)29(15)2;/h2*5-7H,4H2,1-3H3;1H4. The van der Waals surface area contributed by atoms with E-state index in [1.54, 1.807) is 0 Å². The van der Waals surface area contributed by atoms with Crippen LogP contribution in [0.5, 0.6) is 0 Å². The highest BCUT2D eigenvalue weighted by atomic mass is 32.2. The second-order valence-electron chi connectivity index (χ2n) is 14.2. The van der Waals surface area contributed by atoms with Gasteiger partial charge in [-0.1, -0.05) is 21.3 Å². The summed E-state index contributed by atoms with van der Waals surface area (Å²) in [5.41, 5.74) is -4.21. The molecule has 16 nitrogen and oxygen atoms in total. The summed E-state index contributed by atoms with van der Waals surface area (Å²) >= 11 is 0. The van der Waals surface area contributed by atoms with E-state index in [1.165, 1.54) is 37.1 Å². The number of hydrogen-bond donors (Lipinski definition) is 0.